The molecule has 0 spiro atoms. The molecular weight excluding hydrogens is 605 g/mol. The van der Waals surface area contributed by atoms with Crippen molar-refractivity contribution in [1.82, 2.24) is 19.5 Å². The fraction of sp³-hybridized carbons (Fsp3) is 0. The van der Waals surface area contributed by atoms with Crippen LogP contribution in [0.3, 0.4) is 0 Å². The van der Waals surface area contributed by atoms with E-state index >= 15 is 0 Å². The molecule has 5 heteroatoms. The summed E-state index contributed by atoms with van der Waals surface area (Å²) in [7, 11) is 0. The average Bonchev–Trinajstić information content (AvgIpc) is 3.77. The molecule has 0 bridgehead atoms. The maximum absolute atomic E-state index is 4.97. The van der Waals surface area contributed by atoms with Crippen LogP contribution in [0.2, 0.25) is 0 Å². The van der Waals surface area contributed by atoms with Crippen molar-refractivity contribution in [2.75, 3.05) is 0 Å². The third kappa shape index (κ3) is 4.18. The molecule has 48 heavy (non-hydrogen) atoms. The van der Waals surface area contributed by atoms with Crippen LogP contribution in [-0.4, -0.2) is 19.5 Å². The Labute approximate surface area is 280 Å². The van der Waals surface area contributed by atoms with E-state index in [9.17, 15) is 0 Å². The van der Waals surface area contributed by atoms with E-state index in [2.05, 4.69) is 101 Å². The van der Waals surface area contributed by atoms with Crippen molar-refractivity contribution in [3.63, 3.8) is 0 Å². The quantitative estimate of drug-likeness (QED) is 0.182. The van der Waals surface area contributed by atoms with Gasteiger partial charge in [-0.15, -0.1) is 11.3 Å². The van der Waals surface area contributed by atoms with Gasteiger partial charge in [0.15, 0.2) is 17.5 Å². The van der Waals surface area contributed by atoms with Gasteiger partial charge in [-0.25, -0.2) is 15.0 Å². The van der Waals surface area contributed by atoms with Crippen LogP contribution in [0.25, 0.3) is 93.3 Å². The molecule has 0 fully saturated rings. The third-order valence-corrected chi connectivity index (χ3v) is 10.2. The van der Waals surface area contributed by atoms with Crippen LogP contribution in [0.15, 0.2) is 157 Å². The minimum Gasteiger partial charge on any atom is -0.309 e. The monoisotopic (exact) mass is 630 g/mol. The summed E-state index contributed by atoms with van der Waals surface area (Å²) >= 11 is 1.79. The first-order valence-electron chi connectivity index (χ1n) is 16.0. The van der Waals surface area contributed by atoms with Gasteiger partial charge in [0.1, 0.15) is 0 Å². The van der Waals surface area contributed by atoms with E-state index in [-0.39, 0.29) is 0 Å². The third-order valence-electron chi connectivity index (χ3n) is 9.29. The Balaban J connectivity index is 1.22. The van der Waals surface area contributed by atoms with Crippen LogP contribution < -0.4 is 0 Å². The lowest BCUT2D eigenvalue weighted by Gasteiger charge is -2.13. The van der Waals surface area contributed by atoms with E-state index in [1.165, 1.54) is 53.4 Å². The van der Waals surface area contributed by atoms with Crippen molar-refractivity contribution in [3.8, 4) is 39.9 Å². The van der Waals surface area contributed by atoms with E-state index in [4.69, 9.17) is 15.0 Å². The van der Waals surface area contributed by atoms with Crippen LogP contribution >= 0.6 is 11.3 Å². The minimum absolute atomic E-state index is 0.646. The predicted octanol–water partition coefficient (Wildman–Crippen LogP) is 11.5. The molecule has 3 aromatic heterocycles. The summed E-state index contributed by atoms with van der Waals surface area (Å²) < 4.78 is 3.73. The average molecular weight is 631 g/mol. The van der Waals surface area contributed by atoms with Crippen molar-refractivity contribution < 1.29 is 0 Å². The molecule has 0 saturated heterocycles. The van der Waals surface area contributed by atoms with Crippen LogP contribution in [0, 0.1) is 0 Å². The lowest BCUT2D eigenvalue weighted by Crippen LogP contribution is -2.00. The Morgan fingerprint density at radius 2 is 0.958 bits per heavy atom. The van der Waals surface area contributed by atoms with Crippen molar-refractivity contribution >= 4 is 64.8 Å². The molecule has 0 radical (unpaired) electrons. The summed E-state index contributed by atoms with van der Waals surface area (Å²) in [4.78, 5) is 14.8. The van der Waals surface area contributed by atoms with Gasteiger partial charge in [0.2, 0.25) is 0 Å². The van der Waals surface area contributed by atoms with Crippen LogP contribution in [0.5, 0.6) is 0 Å². The molecule has 0 amide bonds. The summed E-state index contributed by atoms with van der Waals surface area (Å²) in [6, 6.07) is 53.5. The van der Waals surface area contributed by atoms with E-state index < -0.39 is 0 Å². The van der Waals surface area contributed by atoms with Crippen molar-refractivity contribution in [3.05, 3.63) is 157 Å². The Morgan fingerprint density at radius 1 is 0.438 bits per heavy atom. The van der Waals surface area contributed by atoms with Gasteiger partial charge in [0.05, 0.1) is 11.0 Å². The van der Waals surface area contributed by atoms with Gasteiger partial charge in [-0.2, -0.15) is 0 Å². The second-order valence-corrected chi connectivity index (χ2v) is 13.0. The van der Waals surface area contributed by atoms with Gasteiger partial charge in [0, 0.05) is 43.2 Å². The summed E-state index contributed by atoms with van der Waals surface area (Å²) in [6.07, 6.45) is 0. The highest BCUT2D eigenvalue weighted by Crippen LogP contribution is 2.44. The smallest absolute Gasteiger partial charge is 0.164 e. The Hall–Kier alpha value is -6.17. The van der Waals surface area contributed by atoms with Crippen LogP contribution in [0.4, 0.5) is 0 Å². The van der Waals surface area contributed by atoms with Crippen molar-refractivity contribution in [2.45, 2.75) is 0 Å². The number of hydrogen-bond donors (Lipinski definition) is 0. The molecule has 7 aromatic carbocycles. The largest absolute Gasteiger partial charge is 0.309 e. The molecular formula is C43H26N4S. The van der Waals surface area contributed by atoms with Gasteiger partial charge in [-0.1, -0.05) is 109 Å². The highest BCUT2D eigenvalue weighted by molar-refractivity contribution is 7.17. The molecule has 0 aliphatic rings. The van der Waals surface area contributed by atoms with E-state index in [0.717, 1.165) is 22.4 Å². The molecule has 0 saturated carbocycles. The number of nitrogens with zero attached hydrogens (tertiary/aromatic N) is 4. The highest BCUT2D eigenvalue weighted by atomic mass is 32.1. The number of aromatic nitrogens is 4. The molecule has 0 aliphatic carbocycles. The molecule has 224 valence electrons. The summed E-state index contributed by atoms with van der Waals surface area (Å²) in [5.74, 6) is 1.96. The number of fused-ring (bicyclic) bond motifs is 9. The van der Waals surface area contributed by atoms with Gasteiger partial charge in [-0.3, -0.25) is 0 Å². The first-order valence-corrected chi connectivity index (χ1v) is 16.9. The fourth-order valence-corrected chi connectivity index (χ4v) is 7.90. The molecule has 0 aliphatic heterocycles. The number of thiophene rings is 1. The van der Waals surface area contributed by atoms with E-state index in [0.29, 0.717) is 17.5 Å². The maximum atomic E-state index is 4.97. The fourth-order valence-electron chi connectivity index (χ4n) is 7.10. The zero-order valence-electron chi connectivity index (χ0n) is 25.7. The first-order chi connectivity index (χ1) is 23.8. The van der Waals surface area contributed by atoms with Crippen LogP contribution in [-0.2, 0) is 0 Å². The van der Waals surface area contributed by atoms with Gasteiger partial charge in [0.25, 0.3) is 0 Å². The lowest BCUT2D eigenvalue weighted by atomic mass is 9.96. The van der Waals surface area contributed by atoms with Gasteiger partial charge >= 0.3 is 0 Å². The topological polar surface area (TPSA) is 43.6 Å². The normalized spacial score (nSPS) is 11.8. The molecule has 0 N–H and O–H groups in total. The number of hydrogen-bond acceptors (Lipinski definition) is 4. The molecule has 4 nitrogen and oxygen atoms in total. The standard InChI is InChI=1S/C43H26N4S/c1-3-11-27(12-4-1)41-44-42(28-13-5-2-6-14-28)46-43(45-41)29-19-21-31(22-20-29)47-37-26-38-30(23-24-48-38)25-36(37)39-34-17-9-7-15-32(34)33-16-8-10-18-35(33)40(39)47/h1-26H. The second-order valence-electron chi connectivity index (χ2n) is 12.1. The molecule has 10 rings (SSSR count). The second kappa shape index (κ2) is 10.7. The molecule has 10 aromatic rings. The molecule has 0 atom stereocenters. The van der Waals surface area contributed by atoms with E-state index in [1.54, 1.807) is 11.3 Å². The highest BCUT2D eigenvalue weighted by Gasteiger charge is 2.20. The summed E-state index contributed by atoms with van der Waals surface area (Å²) in [6.45, 7) is 0. The minimum atomic E-state index is 0.646. The zero-order valence-corrected chi connectivity index (χ0v) is 26.5. The molecule has 0 unspecified atom stereocenters. The zero-order chi connectivity index (χ0) is 31.6. The summed E-state index contributed by atoms with van der Waals surface area (Å²) in [5, 5.41) is 11.1. The number of rotatable bonds is 4. The SMILES string of the molecule is c1ccc(-c2nc(-c3ccccc3)nc(-c3ccc(-n4c5cc6sccc6cc5c5c6ccccc6c6ccccc6c54)cc3)n2)cc1. The van der Waals surface area contributed by atoms with Gasteiger partial charge < -0.3 is 4.57 Å². The van der Waals surface area contributed by atoms with Gasteiger partial charge in [-0.05, 0) is 69.4 Å². The van der Waals surface area contributed by atoms with Crippen LogP contribution in [0.1, 0.15) is 0 Å². The number of benzene rings is 7. The van der Waals surface area contributed by atoms with E-state index in [1.807, 2.05) is 60.7 Å². The predicted molar refractivity (Wildman–Crippen MR) is 201 cm³/mol. The van der Waals surface area contributed by atoms with Crippen molar-refractivity contribution in [2.24, 2.45) is 0 Å². The van der Waals surface area contributed by atoms with Crippen molar-refractivity contribution in [1.29, 1.82) is 0 Å². The summed E-state index contributed by atoms with van der Waals surface area (Å²) in [5.41, 5.74) is 6.37. The Bertz CT molecular complexity index is 2760. The first kappa shape index (κ1) is 27.0. The Morgan fingerprint density at radius 3 is 1.58 bits per heavy atom. The Kier molecular flexibility index (Phi) is 6.01. The lowest BCUT2D eigenvalue weighted by molar-refractivity contribution is 1.07. The maximum Gasteiger partial charge on any atom is 0.164 e. The molecule has 3 heterocycles.